The molecule has 1 aromatic carbocycles. The van der Waals surface area contributed by atoms with E-state index in [0.29, 0.717) is 5.56 Å². The summed E-state index contributed by atoms with van der Waals surface area (Å²) < 4.78 is 35.8. The Morgan fingerprint density at radius 2 is 1.76 bits per heavy atom. The summed E-state index contributed by atoms with van der Waals surface area (Å²) in [6.45, 7) is 3.48. The Hall–Kier alpha value is -1.36. The van der Waals surface area contributed by atoms with E-state index >= 15 is 0 Å². The summed E-state index contributed by atoms with van der Waals surface area (Å²) in [7, 11) is 2.73. The number of methoxy groups -OCH3 is 2. The van der Waals surface area contributed by atoms with Crippen LogP contribution in [0.4, 0.5) is 8.78 Å². The third-order valence-corrected chi connectivity index (χ3v) is 2.49. The molecule has 1 rings (SSSR count). The van der Waals surface area contributed by atoms with Crippen LogP contribution < -0.4 is 15.2 Å². The fourth-order valence-corrected chi connectivity index (χ4v) is 1.53. The molecule has 1 aromatic rings. The van der Waals surface area contributed by atoms with Gasteiger partial charge in [-0.2, -0.15) is 0 Å². The normalized spacial score (nSPS) is 11.8. The highest BCUT2D eigenvalue weighted by molar-refractivity contribution is 5.51. The molecule has 0 saturated heterocycles. The van der Waals surface area contributed by atoms with Gasteiger partial charge in [-0.05, 0) is 31.5 Å². The number of alkyl halides is 2. The first-order valence-electron chi connectivity index (χ1n) is 5.14. The van der Waals surface area contributed by atoms with Crippen molar-refractivity contribution in [1.29, 1.82) is 0 Å². The Labute approximate surface area is 99.5 Å². The van der Waals surface area contributed by atoms with E-state index in [9.17, 15) is 8.78 Å². The average molecular weight is 245 g/mol. The van der Waals surface area contributed by atoms with Crippen molar-refractivity contribution in [3.05, 3.63) is 23.3 Å². The molecule has 2 N–H and O–H groups in total. The van der Waals surface area contributed by atoms with Crippen LogP contribution in [0.1, 0.15) is 31.4 Å². The lowest BCUT2D eigenvalue weighted by Gasteiger charge is -2.22. The van der Waals surface area contributed by atoms with Crippen LogP contribution in [0, 0.1) is 0 Å². The molecule has 3 nitrogen and oxygen atoms in total. The number of hydrogen-bond acceptors (Lipinski definition) is 3. The summed E-state index contributed by atoms with van der Waals surface area (Å²) in [6.07, 6.45) is -2.64. The lowest BCUT2D eigenvalue weighted by atomic mass is 9.93. The largest absolute Gasteiger partial charge is 0.493 e. The summed E-state index contributed by atoms with van der Waals surface area (Å²) in [6, 6.07) is 2.97. The molecule has 0 aliphatic rings. The minimum atomic E-state index is -2.64. The monoisotopic (exact) mass is 245 g/mol. The SMILES string of the molecule is COc1cc(C(C)(C)N)cc(C(F)F)c1OC. The lowest BCUT2D eigenvalue weighted by Crippen LogP contribution is -2.28. The minimum absolute atomic E-state index is 0.0514. The molecule has 0 aliphatic heterocycles. The van der Waals surface area contributed by atoms with Crippen LogP contribution in [0.15, 0.2) is 12.1 Å². The van der Waals surface area contributed by atoms with Crippen molar-refractivity contribution in [2.75, 3.05) is 14.2 Å². The van der Waals surface area contributed by atoms with Crippen molar-refractivity contribution in [2.45, 2.75) is 25.8 Å². The number of rotatable bonds is 4. The first-order valence-corrected chi connectivity index (χ1v) is 5.14. The minimum Gasteiger partial charge on any atom is -0.493 e. The zero-order valence-corrected chi connectivity index (χ0v) is 10.4. The Kier molecular flexibility index (Phi) is 3.93. The van der Waals surface area contributed by atoms with E-state index in [1.54, 1.807) is 19.9 Å². The topological polar surface area (TPSA) is 44.5 Å². The summed E-state index contributed by atoms with van der Waals surface area (Å²) in [5, 5.41) is 0. The molecule has 0 radical (unpaired) electrons. The van der Waals surface area contributed by atoms with Gasteiger partial charge in [0.05, 0.1) is 19.8 Å². The van der Waals surface area contributed by atoms with Crippen molar-refractivity contribution in [2.24, 2.45) is 5.73 Å². The molecule has 0 heterocycles. The van der Waals surface area contributed by atoms with Gasteiger partial charge in [0.15, 0.2) is 11.5 Å². The number of benzene rings is 1. The molecule has 0 unspecified atom stereocenters. The molecular formula is C12H17F2NO2. The second-order valence-corrected chi connectivity index (χ2v) is 4.32. The van der Waals surface area contributed by atoms with Crippen LogP contribution in [0.5, 0.6) is 11.5 Å². The van der Waals surface area contributed by atoms with E-state index in [0.717, 1.165) is 0 Å². The smallest absolute Gasteiger partial charge is 0.267 e. The fourth-order valence-electron chi connectivity index (χ4n) is 1.53. The fraction of sp³-hybridized carbons (Fsp3) is 0.500. The zero-order valence-electron chi connectivity index (χ0n) is 10.4. The van der Waals surface area contributed by atoms with Crippen molar-refractivity contribution in [3.8, 4) is 11.5 Å². The van der Waals surface area contributed by atoms with Crippen molar-refractivity contribution in [3.63, 3.8) is 0 Å². The van der Waals surface area contributed by atoms with E-state index < -0.39 is 12.0 Å². The van der Waals surface area contributed by atoms with Crippen LogP contribution in [0.2, 0.25) is 0 Å². The van der Waals surface area contributed by atoms with E-state index in [-0.39, 0.29) is 17.1 Å². The zero-order chi connectivity index (χ0) is 13.2. The molecule has 0 atom stereocenters. The molecule has 0 amide bonds. The summed E-state index contributed by atoms with van der Waals surface area (Å²) in [5.74, 6) is 0.314. The number of ether oxygens (including phenoxy) is 2. The van der Waals surface area contributed by atoms with Crippen molar-refractivity contribution < 1.29 is 18.3 Å². The van der Waals surface area contributed by atoms with Gasteiger partial charge in [0.2, 0.25) is 0 Å². The Morgan fingerprint density at radius 1 is 1.18 bits per heavy atom. The van der Waals surface area contributed by atoms with Crippen LogP contribution >= 0.6 is 0 Å². The number of nitrogens with two attached hydrogens (primary N) is 1. The predicted octanol–water partition coefficient (Wildman–Crippen LogP) is 2.84. The van der Waals surface area contributed by atoms with E-state index in [2.05, 4.69) is 0 Å². The van der Waals surface area contributed by atoms with Gasteiger partial charge in [0, 0.05) is 5.54 Å². The molecule has 0 fully saturated rings. The average Bonchev–Trinajstić information content (AvgIpc) is 2.25. The van der Waals surface area contributed by atoms with Crippen molar-refractivity contribution >= 4 is 0 Å². The molecule has 0 aliphatic carbocycles. The van der Waals surface area contributed by atoms with Gasteiger partial charge in [-0.25, -0.2) is 8.78 Å². The molecule has 17 heavy (non-hydrogen) atoms. The van der Waals surface area contributed by atoms with Gasteiger partial charge < -0.3 is 15.2 Å². The molecule has 96 valence electrons. The summed E-state index contributed by atoms with van der Waals surface area (Å²) in [4.78, 5) is 0. The quantitative estimate of drug-likeness (QED) is 0.887. The molecular weight excluding hydrogens is 228 g/mol. The maximum absolute atomic E-state index is 12.9. The molecule has 5 heteroatoms. The third-order valence-electron chi connectivity index (χ3n) is 2.49. The predicted molar refractivity (Wildman–Crippen MR) is 61.7 cm³/mol. The van der Waals surface area contributed by atoms with Gasteiger partial charge in [-0.3, -0.25) is 0 Å². The maximum Gasteiger partial charge on any atom is 0.267 e. The van der Waals surface area contributed by atoms with Gasteiger partial charge in [0.25, 0.3) is 6.43 Å². The van der Waals surface area contributed by atoms with Crippen LogP contribution in [0.3, 0.4) is 0 Å². The maximum atomic E-state index is 12.9. The summed E-state index contributed by atoms with van der Waals surface area (Å²) in [5.41, 5.74) is 5.55. The van der Waals surface area contributed by atoms with Crippen LogP contribution in [-0.4, -0.2) is 14.2 Å². The van der Waals surface area contributed by atoms with Crippen molar-refractivity contribution in [1.82, 2.24) is 0 Å². The lowest BCUT2D eigenvalue weighted by molar-refractivity contribution is 0.146. The van der Waals surface area contributed by atoms with Gasteiger partial charge >= 0.3 is 0 Å². The third kappa shape index (κ3) is 2.85. The van der Waals surface area contributed by atoms with Crippen LogP contribution in [-0.2, 0) is 5.54 Å². The molecule has 0 aromatic heterocycles. The highest BCUT2D eigenvalue weighted by atomic mass is 19.3. The molecule has 0 bridgehead atoms. The molecule has 0 spiro atoms. The summed E-state index contributed by atoms with van der Waals surface area (Å²) >= 11 is 0. The van der Waals surface area contributed by atoms with E-state index in [4.69, 9.17) is 15.2 Å². The first kappa shape index (κ1) is 13.7. The Morgan fingerprint density at radius 3 is 2.12 bits per heavy atom. The second-order valence-electron chi connectivity index (χ2n) is 4.32. The van der Waals surface area contributed by atoms with Crippen LogP contribution in [0.25, 0.3) is 0 Å². The second kappa shape index (κ2) is 4.87. The molecule has 0 saturated carbocycles. The Balaban J connectivity index is 3.46. The highest BCUT2D eigenvalue weighted by Crippen LogP contribution is 2.39. The first-order chi connectivity index (χ1) is 7.81. The van der Waals surface area contributed by atoms with Gasteiger partial charge in [0.1, 0.15) is 0 Å². The standard InChI is InChI=1S/C12H17F2NO2/c1-12(2,15)7-5-8(11(13)14)10(17-4)9(6-7)16-3/h5-6,11H,15H2,1-4H3. The van der Waals surface area contributed by atoms with E-state index in [1.807, 2.05) is 0 Å². The van der Waals surface area contributed by atoms with Gasteiger partial charge in [-0.1, -0.05) is 0 Å². The number of halogens is 2. The number of hydrogen-bond donors (Lipinski definition) is 1. The van der Waals surface area contributed by atoms with Gasteiger partial charge in [-0.15, -0.1) is 0 Å². The highest BCUT2D eigenvalue weighted by Gasteiger charge is 2.24. The van der Waals surface area contributed by atoms with E-state index in [1.165, 1.54) is 20.3 Å². The Bertz CT molecular complexity index is 400.